The largest absolute Gasteiger partial charge is 0.492 e. The quantitative estimate of drug-likeness (QED) is 0.625. The zero-order valence-electron chi connectivity index (χ0n) is 9.50. The highest BCUT2D eigenvalue weighted by molar-refractivity contribution is 6.62. The number of amides is 1. The smallest absolute Gasteiger partial charge is 0.416 e. The summed E-state index contributed by atoms with van der Waals surface area (Å²) in [4.78, 5) is 11.8. The van der Waals surface area contributed by atoms with E-state index in [0.717, 1.165) is 12.1 Å². The Balaban J connectivity index is 2.56. The molecule has 0 spiro atoms. The summed E-state index contributed by atoms with van der Waals surface area (Å²) in [5.41, 5.74) is -0.776. The third kappa shape index (κ3) is 4.44. The van der Waals surface area contributed by atoms with Crippen molar-refractivity contribution in [1.29, 1.82) is 0 Å². The lowest BCUT2D eigenvalue weighted by Gasteiger charge is -2.14. The summed E-state index contributed by atoms with van der Waals surface area (Å²) in [5.74, 6) is 0.0975. The molecule has 7 heteroatoms. The summed E-state index contributed by atoms with van der Waals surface area (Å²) in [7, 11) is 1.46. The fourth-order valence-corrected chi connectivity index (χ4v) is 1.24. The maximum absolute atomic E-state index is 12.4. The van der Waals surface area contributed by atoms with Crippen molar-refractivity contribution >= 4 is 17.0 Å². The SMILES string of the molecule is CN(CCOc1cccc(C(F)(F)F)c1)C(=O)Cl. The second-order valence-corrected chi connectivity index (χ2v) is 3.87. The van der Waals surface area contributed by atoms with Gasteiger partial charge in [0.15, 0.2) is 0 Å². The zero-order valence-corrected chi connectivity index (χ0v) is 10.3. The Morgan fingerprint density at radius 1 is 1.44 bits per heavy atom. The molecule has 0 aliphatic rings. The average molecular weight is 282 g/mol. The van der Waals surface area contributed by atoms with Crippen molar-refractivity contribution in [3.8, 4) is 5.75 Å². The summed E-state index contributed by atoms with van der Waals surface area (Å²) in [6.07, 6.45) is -4.40. The molecule has 18 heavy (non-hydrogen) atoms. The number of halogens is 4. The topological polar surface area (TPSA) is 29.5 Å². The molecule has 0 unspecified atom stereocenters. The first-order valence-electron chi connectivity index (χ1n) is 5.01. The van der Waals surface area contributed by atoms with Crippen LogP contribution >= 0.6 is 11.6 Å². The van der Waals surface area contributed by atoms with Crippen LogP contribution in [-0.2, 0) is 6.18 Å². The molecule has 0 aliphatic carbocycles. The maximum atomic E-state index is 12.4. The number of alkyl halides is 3. The molecule has 100 valence electrons. The van der Waals surface area contributed by atoms with Crippen molar-refractivity contribution in [3.05, 3.63) is 29.8 Å². The molecule has 1 rings (SSSR count). The van der Waals surface area contributed by atoms with Crippen LogP contribution in [-0.4, -0.2) is 30.5 Å². The van der Waals surface area contributed by atoms with Gasteiger partial charge in [-0.15, -0.1) is 0 Å². The minimum atomic E-state index is -4.40. The van der Waals surface area contributed by atoms with E-state index in [-0.39, 0.29) is 18.9 Å². The van der Waals surface area contributed by atoms with E-state index in [9.17, 15) is 18.0 Å². The van der Waals surface area contributed by atoms with E-state index in [4.69, 9.17) is 16.3 Å². The highest BCUT2D eigenvalue weighted by atomic mass is 35.5. The first-order valence-corrected chi connectivity index (χ1v) is 5.39. The van der Waals surface area contributed by atoms with Crippen molar-refractivity contribution < 1.29 is 22.7 Å². The van der Waals surface area contributed by atoms with Gasteiger partial charge in [-0.05, 0) is 29.8 Å². The summed E-state index contributed by atoms with van der Waals surface area (Å²) < 4.78 is 42.3. The van der Waals surface area contributed by atoms with Crippen LogP contribution in [0.2, 0.25) is 0 Å². The Hall–Kier alpha value is -1.43. The molecule has 0 saturated carbocycles. The lowest BCUT2D eigenvalue weighted by atomic mass is 10.2. The molecular formula is C11H11ClF3NO2. The summed E-state index contributed by atoms with van der Waals surface area (Å²) in [6, 6.07) is 4.54. The van der Waals surface area contributed by atoms with Crippen molar-refractivity contribution in [2.75, 3.05) is 20.2 Å². The number of likely N-dealkylation sites (N-methyl/N-ethyl adjacent to an activating group) is 1. The molecule has 1 aromatic rings. The lowest BCUT2D eigenvalue weighted by molar-refractivity contribution is -0.137. The van der Waals surface area contributed by atoms with E-state index in [1.54, 1.807) is 0 Å². The maximum Gasteiger partial charge on any atom is 0.416 e. The number of carbonyl (C=O) groups excluding carboxylic acids is 1. The Morgan fingerprint density at radius 2 is 2.11 bits per heavy atom. The van der Waals surface area contributed by atoms with Crippen molar-refractivity contribution in [2.45, 2.75) is 6.18 Å². The van der Waals surface area contributed by atoms with Crippen LogP contribution in [0.4, 0.5) is 18.0 Å². The molecule has 0 aromatic heterocycles. The van der Waals surface area contributed by atoms with Crippen LogP contribution in [0.1, 0.15) is 5.56 Å². The standard InChI is InChI=1S/C11H11ClF3NO2/c1-16(10(12)17)5-6-18-9-4-2-3-8(7-9)11(13,14)15/h2-4,7H,5-6H2,1H3. The van der Waals surface area contributed by atoms with Gasteiger partial charge in [0.25, 0.3) is 0 Å². The van der Waals surface area contributed by atoms with E-state index in [0.29, 0.717) is 0 Å². The number of carbonyl (C=O) groups is 1. The Kier molecular flexibility index (Phi) is 4.84. The molecule has 0 fully saturated rings. The van der Waals surface area contributed by atoms with Gasteiger partial charge in [0.1, 0.15) is 12.4 Å². The first kappa shape index (κ1) is 14.6. The summed E-state index contributed by atoms with van der Waals surface area (Å²) >= 11 is 5.18. The lowest BCUT2D eigenvalue weighted by Crippen LogP contribution is -2.26. The normalized spacial score (nSPS) is 11.2. The highest BCUT2D eigenvalue weighted by Gasteiger charge is 2.30. The molecule has 3 nitrogen and oxygen atoms in total. The number of rotatable bonds is 4. The van der Waals surface area contributed by atoms with Crippen molar-refractivity contribution in [2.24, 2.45) is 0 Å². The van der Waals surface area contributed by atoms with Crippen LogP contribution in [0.3, 0.4) is 0 Å². The Morgan fingerprint density at radius 3 is 2.67 bits per heavy atom. The van der Waals surface area contributed by atoms with Gasteiger partial charge in [-0.3, -0.25) is 4.79 Å². The van der Waals surface area contributed by atoms with Gasteiger partial charge in [-0.2, -0.15) is 13.2 Å². The molecule has 1 aromatic carbocycles. The molecule has 1 amide bonds. The van der Waals surface area contributed by atoms with Gasteiger partial charge in [-0.25, -0.2) is 0 Å². The molecule has 0 atom stereocenters. The van der Waals surface area contributed by atoms with Gasteiger partial charge >= 0.3 is 11.5 Å². The van der Waals surface area contributed by atoms with Crippen LogP contribution in [0, 0.1) is 0 Å². The van der Waals surface area contributed by atoms with E-state index >= 15 is 0 Å². The second kappa shape index (κ2) is 5.95. The van der Waals surface area contributed by atoms with Gasteiger partial charge in [0.2, 0.25) is 0 Å². The van der Waals surface area contributed by atoms with Crippen molar-refractivity contribution in [1.82, 2.24) is 4.90 Å². The van der Waals surface area contributed by atoms with E-state index in [1.165, 1.54) is 24.1 Å². The monoisotopic (exact) mass is 281 g/mol. The average Bonchev–Trinajstić information content (AvgIpc) is 2.28. The molecule has 0 N–H and O–H groups in total. The second-order valence-electron chi connectivity index (χ2n) is 3.55. The summed E-state index contributed by atoms with van der Waals surface area (Å²) in [5, 5.41) is -0.650. The molecule has 0 saturated heterocycles. The van der Waals surface area contributed by atoms with Crippen LogP contribution in [0.5, 0.6) is 5.75 Å². The van der Waals surface area contributed by atoms with Gasteiger partial charge < -0.3 is 9.64 Å². The number of hydrogen-bond donors (Lipinski definition) is 0. The summed E-state index contributed by atoms with van der Waals surface area (Å²) in [6.45, 7) is 0.259. The minimum absolute atomic E-state index is 0.0657. The van der Waals surface area contributed by atoms with Crippen LogP contribution in [0.25, 0.3) is 0 Å². The van der Waals surface area contributed by atoms with Crippen LogP contribution < -0.4 is 4.74 Å². The number of nitrogens with zero attached hydrogens (tertiary/aromatic N) is 1. The fourth-order valence-electron chi connectivity index (χ4n) is 1.15. The third-order valence-electron chi connectivity index (χ3n) is 2.16. The minimum Gasteiger partial charge on any atom is -0.492 e. The van der Waals surface area contributed by atoms with Gasteiger partial charge in [0, 0.05) is 7.05 Å². The number of benzene rings is 1. The van der Waals surface area contributed by atoms with E-state index in [1.807, 2.05) is 0 Å². The molecule has 0 aliphatic heterocycles. The Labute approximate surface area is 107 Å². The zero-order chi connectivity index (χ0) is 13.8. The molecule has 0 heterocycles. The van der Waals surface area contributed by atoms with Gasteiger partial charge in [0.05, 0.1) is 12.1 Å². The van der Waals surface area contributed by atoms with E-state index in [2.05, 4.69) is 0 Å². The molecule has 0 radical (unpaired) electrons. The van der Waals surface area contributed by atoms with Gasteiger partial charge in [-0.1, -0.05) is 6.07 Å². The number of ether oxygens (including phenoxy) is 1. The predicted octanol–water partition coefficient (Wildman–Crippen LogP) is 3.37. The predicted molar refractivity (Wildman–Crippen MR) is 60.8 cm³/mol. The highest BCUT2D eigenvalue weighted by Crippen LogP contribution is 2.31. The van der Waals surface area contributed by atoms with Crippen molar-refractivity contribution in [3.63, 3.8) is 0 Å². The third-order valence-corrected chi connectivity index (χ3v) is 2.45. The van der Waals surface area contributed by atoms with E-state index < -0.39 is 17.1 Å². The Bertz CT molecular complexity index is 423. The fraction of sp³-hybridized carbons (Fsp3) is 0.364. The van der Waals surface area contributed by atoms with Crippen LogP contribution in [0.15, 0.2) is 24.3 Å². The number of hydrogen-bond acceptors (Lipinski definition) is 2. The molecule has 0 bridgehead atoms. The molecular weight excluding hydrogens is 271 g/mol. The first-order chi connectivity index (χ1) is 8.30.